The van der Waals surface area contributed by atoms with E-state index in [9.17, 15) is 0 Å². The number of aromatic nitrogens is 2. The van der Waals surface area contributed by atoms with Crippen LogP contribution in [0.4, 0.5) is 0 Å². The smallest absolute Gasteiger partial charge is 0.160 e. The first-order valence-electron chi connectivity index (χ1n) is 11.7. The highest BCUT2D eigenvalue weighted by Crippen LogP contribution is 2.37. The molecule has 3 heteroatoms. The van der Waals surface area contributed by atoms with Crippen molar-refractivity contribution >= 4 is 33.0 Å². The summed E-state index contributed by atoms with van der Waals surface area (Å²) >= 11 is 0. The van der Waals surface area contributed by atoms with Crippen LogP contribution in [0.25, 0.3) is 66.5 Å². The summed E-state index contributed by atoms with van der Waals surface area (Å²) < 4.78 is 6.25. The van der Waals surface area contributed by atoms with Crippen molar-refractivity contribution in [3.8, 4) is 33.5 Å². The topological polar surface area (TPSA) is 38.9 Å². The van der Waals surface area contributed by atoms with Gasteiger partial charge in [0, 0.05) is 33.5 Å². The molecule has 0 aliphatic heterocycles. The molecule has 7 aromatic rings. The van der Waals surface area contributed by atoms with Crippen molar-refractivity contribution in [2.24, 2.45) is 0 Å². The van der Waals surface area contributed by atoms with E-state index in [0.717, 1.165) is 66.5 Å². The molecule has 0 unspecified atom stereocenters. The maximum Gasteiger partial charge on any atom is 0.160 e. The lowest BCUT2D eigenvalue weighted by Gasteiger charge is -2.10. The molecule has 0 aliphatic carbocycles. The van der Waals surface area contributed by atoms with Gasteiger partial charge in [0.05, 0.1) is 5.69 Å². The number of fused-ring (bicyclic) bond motifs is 4. The molecule has 0 radical (unpaired) electrons. The average molecular weight is 449 g/mol. The van der Waals surface area contributed by atoms with Gasteiger partial charge in [-0.05, 0) is 41.0 Å². The fourth-order valence-electron chi connectivity index (χ4n) is 4.86. The number of hydrogen-bond donors (Lipinski definition) is 0. The van der Waals surface area contributed by atoms with Crippen LogP contribution in [-0.4, -0.2) is 9.97 Å². The Morgan fingerprint density at radius 1 is 0.514 bits per heavy atom. The highest BCUT2D eigenvalue weighted by molar-refractivity contribution is 6.09. The number of benzene rings is 4. The number of nitrogens with zero attached hydrogens (tertiary/aromatic N) is 2. The molecule has 7 rings (SSSR count). The molecule has 0 spiro atoms. The molecule has 164 valence electrons. The highest BCUT2D eigenvalue weighted by atomic mass is 16.3. The van der Waals surface area contributed by atoms with Gasteiger partial charge in [-0.15, -0.1) is 0 Å². The zero-order valence-electron chi connectivity index (χ0n) is 18.8. The summed E-state index contributed by atoms with van der Waals surface area (Å²) in [5.74, 6) is 0. The predicted molar refractivity (Wildman–Crippen MR) is 143 cm³/mol. The fourth-order valence-corrected chi connectivity index (χ4v) is 4.86. The molecule has 0 atom stereocenters. The highest BCUT2D eigenvalue weighted by Gasteiger charge is 2.13. The van der Waals surface area contributed by atoms with Crippen LogP contribution in [0.15, 0.2) is 126 Å². The number of furan rings is 1. The van der Waals surface area contributed by atoms with Crippen molar-refractivity contribution in [1.82, 2.24) is 9.97 Å². The Hall–Kier alpha value is -4.76. The second-order valence-corrected chi connectivity index (χ2v) is 8.65. The van der Waals surface area contributed by atoms with Crippen molar-refractivity contribution in [3.63, 3.8) is 0 Å². The van der Waals surface area contributed by atoms with Gasteiger partial charge in [0.25, 0.3) is 0 Å². The summed E-state index contributed by atoms with van der Waals surface area (Å²) in [6.45, 7) is 0. The molecule has 3 aromatic heterocycles. The zero-order chi connectivity index (χ0) is 23.2. The Kier molecular flexibility index (Phi) is 4.46. The van der Waals surface area contributed by atoms with E-state index in [1.807, 2.05) is 30.3 Å². The van der Waals surface area contributed by atoms with E-state index in [1.165, 1.54) is 0 Å². The van der Waals surface area contributed by atoms with Crippen LogP contribution in [0.3, 0.4) is 0 Å². The monoisotopic (exact) mass is 448 g/mol. The van der Waals surface area contributed by atoms with Crippen molar-refractivity contribution in [3.05, 3.63) is 121 Å². The summed E-state index contributed by atoms with van der Waals surface area (Å²) in [6.07, 6.45) is 1.80. The van der Waals surface area contributed by atoms with Gasteiger partial charge in [-0.2, -0.15) is 0 Å². The van der Waals surface area contributed by atoms with E-state index in [2.05, 4.69) is 89.9 Å². The van der Waals surface area contributed by atoms with Crippen molar-refractivity contribution in [2.45, 2.75) is 0 Å². The minimum Gasteiger partial charge on any atom is -0.455 e. The molecule has 0 amide bonds. The fraction of sp³-hybridized carbons (Fsp3) is 0. The Balaban J connectivity index is 1.35. The molecule has 0 bridgehead atoms. The Labute approximate surface area is 202 Å². The molecule has 35 heavy (non-hydrogen) atoms. The summed E-state index contributed by atoms with van der Waals surface area (Å²) in [5, 5.41) is 3.33. The third-order valence-electron chi connectivity index (χ3n) is 6.57. The molecule has 0 aliphatic rings. The minimum atomic E-state index is 0.750. The van der Waals surface area contributed by atoms with Gasteiger partial charge in [0.1, 0.15) is 11.2 Å². The molecule has 0 saturated heterocycles. The summed E-state index contributed by atoms with van der Waals surface area (Å²) in [5.41, 5.74) is 9.02. The van der Waals surface area contributed by atoms with Crippen LogP contribution < -0.4 is 0 Å². The molecule has 3 nitrogen and oxygen atoms in total. The zero-order valence-corrected chi connectivity index (χ0v) is 18.8. The molecule has 0 fully saturated rings. The predicted octanol–water partition coefficient (Wildman–Crippen LogP) is 8.53. The first-order valence-corrected chi connectivity index (χ1v) is 11.7. The lowest BCUT2D eigenvalue weighted by atomic mass is 9.98. The first-order chi connectivity index (χ1) is 17.3. The normalized spacial score (nSPS) is 11.4. The number of pyridine rings is 2. The lowest BCUT2D eigenvalue weighted by molar-refractivity contribution is 0.670. The van der Waals surface area contributed by atoms with Crippen LogP contribution in [0.5, 0.6) is 0 Å². The van der Waals surface area contributed by atoms with Gasteiger partial charge >= 0.3 is 0 Å². The SMILES string of the molecule is c1ccc(-c2cc(-c3ccc(-c4cccc5c4oc4ccccc45)cc3)nc3ncccc23)cc1. The minimum absolute atomic E-state index is 0.750. The average Bonchev–Trinajstić information content (AvgIpc) is 3.32. The molecule has 3 heterocycles. The number of rotatable bonds is 3. The van der Waals surface area contributed by atoms with Crippen LogP contribution in [0.1, 0.15) is 0 Å². The van der Waals surface area contributed by atoms with E-state index >= 15 is 0 Å². The summed E-state index contributed by atoms with van der Waals surface area (Å²) in [4.78, 5) is 9.43. The number of hydrogen-bond acceptors (Lipinski definition) is 3. The van der Waals surface area contributed by atoms with Crippen LogP contribution in [-0.2, 0) is 0 Å². The van der Waals surface area contributed by atoms with E-state index in [-0.39, 0.29) is 0 Å². The summed E-state index contributed by atoms with van der Waals surface area (Å²) in [7, 11) is 0. The summed E-state index contributed by atoms with van der Waals surface area (Å²) in [6, 6.07) is 39.7. The lowest BCUT2D eigenvalue weighted by Crippen LogP contribution is -1.92. The number of para-hydroxylation sites is 2. The maximum absolute atomic E-state index is 6.25. The largest absolute Gasteiger partial charge is 0.455 e. The van der Waals surface area contributed by atoms with E-state index in [1.54, 1.807) is 6.20 Å². The standard InChI is InChI=1S/C32H20N2O/c1-2-8-21(9-3-1)28-20-29(34-32-27(28)13-7-19-33-32)23-17-15-22(16-18-23)24-11-6-12-26-25-10-4-5-14-30(25)35-31(24)26/h1-20H. The maximum atomic E-state index is 6.25. The van der Waals surface area contributed by atoms with Gasteiger partial charge in [-0.1, -0.05) is 91.0 Å². The molecular weight excluding hydrogens is 428 g/mol. The molecule has 4 aromatic carbocycles. The van der Waals surface area contributed by atoms with E-state index < -0.39 is 0 Å². The quantitative estimate of drug-likeness (QED) is 0.272. The van der Waals surface area contributed by atoms with Crippen molar-refractivity contribution in [2.75, 3.05) is 0 Å². The van der Waals surface area contributed by atoms with E-state index in [0.29, 0.717) is 0 Å². The third-order valence-corrected chi connectivity index (χ3v) is 6.57. The first kappa shape index (κ1) is 19.7. The Bertz CT molecular complexity index is 1830. The molecule has 0 N–H and O–H groups in total. The van der Waals surface area contributed by atoms with Gasteiger partial charge in [-0.25, -0.2) is 9.97 Å². The van der Waals surface area contributed by atoms with Crippen molar-refractivity contribution in [1.29, 1.82) is 0 Å². The Morgan fingerprint density at radius 3 is 2.11 bits per heavy atom. The van der Waals surface area contributed by atoms with Crippen LogP contribution in [0.2, 0.25) is 0 Å². The second kappa shape index (κ2) is 7.93. The van der Waals surface area contributed by atoms with Crippen LogP contribution >= 0.6 is 0 Å². The van der Waals surface area contributed by atoms with Crippen LogP contribution in [0, 0.1) is 0 Å². The van der Waals surface area contributed by atoms with Gasteiger partial charge < -0.3 is 4.42 Å². The van der Waals surface area contributed by atoms with Gasteiger partial charge in [0.2, 0.25) is 0 Å². The molecular formula is C32H20N2O. The third kappa shape index (κ3) is 3.29. The molecule has 0 saturated carbocycles. The second-order valence-electron chi connectivity index (χ2n) is 8.65. The Morgan fingerprint density at radius 2 is 1.23 bits per heavy atom. The van der Waals surface area contributed by atoms with Gasteiger partial charge in [0.15, 0.2) is 5.65 Å². The van der Waals surface area contributed by atoms with Gasteiger partial charge in [-0.3, -0.25) is 0 Å². The van der Waals surface area contributed by atoms with E-state index in [4.69, 9.17) is 9.40 Å². The van der Waals surface area contributed by atoms with Crippen molar-refractivity contribution < 1.29 is 4.42 Å².